The predicted octanol–water partition coefficient (Wildman–Crippen LogP) is 3.47. The summed E-state index contributed by atoms with van der Waals surface area (Å²) in [5, 5.41) is 20.0. The summed E-state index contributed by atoms with van der Waals surface area (Å²) >= 11 is 1.80. The van der Waals surface area contributed by atoms with Gasteiger partial charge in [0, 0.05) is 22.2 Å². The van der Waals surface area contributed by atoms with Gasteiger partial charge in [-0.1, -0.05) is 44.4 Å². The highest BCUT2D eigenvalue weighted by Gasteiger charge is 2.42. The molecule has 106 valence electrons. The van der Waals surface area contributed by atoms with Crippen LogP contribution < -0.4 is 0 Å². The number of thioether (sulfide) groups is 1. The van der Waals surface area contributed by atoms with Gasteiger partial charge in [0.05, 0.1) is 6.10 Å². The summed E-state index contributed by atoms with van der Waals surface area (Å²) in [7, 11) is 0. The van der Waals surface area contributed by atoms with Crippen LogP contribution >= 0.6 is 11.8 Å². The van der Waals surface area contributed by atoms with Crippen LogP contribution in [-0.4, -0.2) is 27.7 Å². The van der Waals surface area contributed by atoms with E-state index in [-0.39, 0.29) is 17.3 Å². The van der Waals surface area contributed by atoms with Crippen LogP contribution in [0.25, 0.3) is 0 Å². The molecule has 0 bridgehead atoms. The fraction of sp³-hybridized carbons (Fsp3) is 0.625. The minimum absolute atomic E-state index is 0.0538. The summed E-state index contributed by atoms with van der Waals surface area (Å²) < 4.78 is -0.123. The maximum Gasteiger partial charge on any atom is 0.0737 e. The molecule has 2 atom stereocenters. The van der Waals surface area contributed by atoms with Gasteiger partial charge in [-0.15, -0.1) is 11.8 Å². The number of rotatable bonds is 5. The molecule has 1 fully saturated rings. The Kier molecular flexibility index (Phi) is 5.31. The van der Waals surface area contributed by atoms with Crippen molar-refractivity contribution in [1.82, 2.24) is 0 Å². The smallest absolute Gasteiger partial charge is 0.0737 e. The van der Waals surface area contributed by atoms with Gasteiger partial charge in [-0.2, -0.15) is 0 Å². The maximum atomic E-state index is 10.7. The first kappa shape index (κ1) is 14.9. The molecule has 0 aromatic heterocycles. The normalized spacial score (nSPS) is 21.8. The first-order chi connectivity index (χ1) is 9.18. The largest absolute Gasteiger partial charge is 0.396 e. The van der Waals surface area contributed by atoms with Crippen LogP contribution in [0.15, 0.2) is 35.2 Å². The summed E-state index contributed by atoms with van der Waals surface area (Å²) in [6.45, 7) is 1.99. The van der Waals surface area contributed by atoms with Crippen LogP contribution in [0.5, 0.6) is 0 Å². The zero-order valence-corrected chi connectivity index (χ0v) is 12.4. The van der Waals surface area contributed by atoms with Gasteiger partial charge in [0.25, 0.3) is 0 Å². The zero-order valence-electron chi connectivity index (χ0n) is 11.6. The molecule has 1 aromatic rings. The van der Waals surface area contributed by atoms with Gasteiger partial charge in [-0.25, -0.2) is 0 Å². The van der Waals surface area contributed by atoms with Crippen molar-refractivity contribution in [1.29, 1.82) is 0 Å². The molecule has 3 heteroatoms. The van der Waals surface area contributed by atoms with Gasteiger partial charge < -0.3 is 10.2 Å². The van der Waals surface area contributed by atoms with Crippen LogP contribution in [0, 0.1) is 5.92 Å². The van der Waals surface area contributed by atoms with E-state index >= 15 is 0 Å². The Morgan fingerprint density at radius 3 is 2.37 bits per heavy atom. The molecule has 0 heterocycles. The molecular formula is C16H24O2S. The molecule has 0 radical (unpaired) electrons. The summed E-state index contributed by atoms with van der Waals surface area (Å²) in [6, 6.07) is 10.3. The fourth-order valence-corrected chi connectivity index (χ4v) is 4.56. The molecule has 0 unspecified atom stereocenters. The standard InChI is InChI=1S/C16H24O2S/c1-13(12-17)15(18)16(10-6-3-7-11-16)19-14-8-4-2-5-9-14/h2,4-5,8-9,13,15,17-18H,3,6-7,10-12H2,1H3/t13-,15-/m1/s1. The third-order valence-electron chi connectivity index (χ3n) is 4.13. The fourth-order valence-electron chi connectivity index (χ4n) is 2.95. The maximum absolute atomic E-state index is 10.7. The molecule has 1 aromatic carbocycles. The average Bonchev–Trinajstić information content (AvgIpc) is 2.47. The topological polar surface area (TPSA) is 40.5 Å². The van der Waals surface area contributed by atoms with Gasteiger partial charge >= 0.3 is 0 Å². The van der Waals surface area contributed by atoms with Gasteiger partial charge in [-0.3, -0.25) is 0 Å². The molecule has 1 aliphatic rings. The molecule has 0 amide bonds. The van der Waals surface area contributed by atoms with Crippen LogP contribution in [0.3, 0.4) is 0 Å². The SMILES string of the molecule is C[C@H](CO)[C@@H](O)C1(Sc2ccccc2)CCCCC1. The van der Waals surface area contributed by atoms with E-state index in [1.54, 1.807) is 11.8 Å². The molecule has 0 aliphatic heterocycles. The summed E-state index contributed by atoms with van der Waals surface area (Å²) in [4.78, 5) is 1.22. The van der Waals surface area contributed by atoms with E-state index in [0.29, 0.717) is 0 Å². The second kappa shape index (κ2) is 6.78. The molecular weight excluding hydrogens is 256 g/mol. The highest BCUT2D eigenvalue weighted by molar-refractivity contribution is 8.00. The second-order valence-electron chi connectivity index (χ2n) is 5.65. The van der Waals surface area contributed by atoms with Crippen molar-refractivity contribution in [2.45, 2.75) is 54.8 Å². The molecule has 0 spiro atoms. The first-order valence-electron chi connectivity index (χ1n) is 7.21. The van der Waals surface area contributed by atoms with Gasteiger partial charge in [0.15, 0.2) is 0 Å². The number of benzene rings is 1. The zero-order chi connectivity index (χ0) is 13.7. The van der Waals surface area contributed by atoms with Crippen LogP contribution in [0.1, 0.15) is 39.0 Å². The minimum atomic E-state index is -0.442. The second-order valence-corrected chi connectivity index (χ2v) is 7.13. The van der Waals surface area contributed by atoms with Crippen molar-refractivity contribution in [2.75, 3.05) is 6.61 Å². The van der Waals surface area contributed by atoms with Crippen molar-refractivity contribution in [3.8, 4) is 0 Å². The number of aliphatic hydroxyl groups is 2. The Labute approximate surface area is 120 Å². The van der Waals surface area contributed by atoms with Crippen molar-refractivity contribution in [3.05, 3.63) is 30.3 Å². The summed E-state index contributed by atoms with van der Waals surface area (Å²) in [6.07, 6.45) is 5.25. The lowest BCUT2D eigenvalue weighted by Crippen LogP contribution is -2.45. The highest BCUT2D eigenvalue weighted by Crippen LogP contribution is 2.47. The Morgan fingerprint density at radius 1 is 1.16 bits per heavy atom. The van der Waals surface area contributed by atoms with E-state index in [4.69, 9.17) is 0 Å². The number of aliphatic hydroxyl groups excluding tert-OH is 2. The van der Waals surface area contributed by atoms with E-state index in [1.807, 2.05) is 25.1 Å². The van der Waals surface area contributed by atoms with Crippen molar-refractivity contribution < 1.29 is 10.2 Å². The Hall–Kier alpha value is -0.510. The molecule has 19 heavy (non-hydrogen) atoms. The molecule has 1 saturated carbocycles. The molecule has 2 N–H and O–H groups in total. The Morgan fingerprint density at radius 2 is 1.79 bits per heavy atom. The van der Waals surface area contributed by atoms with Gasteiger partial charge in [-0.05, 0) is 25.0 Å². The van der Waals surface area contributed by atoms with Gasteiger partial charge in [0.2, 0.25) is 0 Å². The van der Waals surface area contributed by atoms with Crippen LogP contribution in [-0.2, 0) is 0 Å². The summed E-state index contributed by atoms with van der Waals surface area (Å²) in [5.41, 5.74) is 0. The van der Waals surface area contributed by atoms with Crippen molar-refractivity contribution in [2.24, 2.45) is 5.92 Å². The first-order valence-corrected chi connectivity index (χ1v) is 8.02. The summed E-state index contributed by atoms with van der Waals surface area (Å²) in [5.74, 6) is -0.0608. The monoisotopic (exact) mass is 280 g/mol. The molecule has 2 rings (SSSR count). The van der Waals surface area contributed by atoms with E-state index < -0.39 is 6.10 Å². The lowest BCUT2D eigenvalue weighted by molar-refractivity contribution is 0.0333. The predicted molar refractivity (Wildman–Crippen MR) is 80.4 cm³/mol. The minimum Gasteiger partial charge on any atom is -0.396 e. The van der Waals surface area contributed by atoms with E-state index in [0.717, 1.165) is 12.8 Å². The van der Waals surface area contributed by atoms with Crippen LogP contribution in [0.4, 0.5) is 0 Å². The van der Waals surface area contributed by atoms with Crippen molar-refractivity contribution in [3.63, 3.8) is 0 Å². The quantitative estimate of drug-likeness (QED) is 0.867. The third kappa shape index (κ3) is 3.53. The van der Waals surface area contributed by atoms with Crippen LogP contribution in [0.2, 0.25) is 0 Å². The number of hydrogen-bond acceptors (Lipinski definition) is 3. The van der Waals surface area contributed by atoms with E-state index in [1.165, 1.54) is 24.2 Å². The Balaban J connectivity index is 2.19. The van der Waals surface area contributed by atoms with E-state index in [9.17, 15) is 10.2 Å². The Bertz CT molecular complexity index is 374. The lowest BCUT2D eigenvalue weighted by atomic mass is 9.80. The molecule has 2 nitrogen and oxygen atoms in total. The lowest BCUT2D eigenvalue weighted by Gasteiger charge is -2.42. The van der Waals surface area contributed by atoms with Crippen molar-refractivity contribution >= 4 is 11.8 Å². The van der Waals surface area contributed by atoms with E-state index in [2.05, 4.69) is 12.1 Å². The van der Waals surface area contributed by atoms with Gasteiger partial charge in [0.1, 0.15) is 0 Å². The number of hydrogen-bond donors (Lipinski definition) is 2. The molecule has 0 saturated heterocycles. The molecule has 1 aliphatic carbocycles. The average molecular weight is 280 g/mol. The third-order valence-corrected chi connectivity index (χ3v) is 5.69. The highest BCUT2D eigenvalue weighted by atomic mass is 32.2.